The molecule has 0 atom stereocenters. The number of carbonyl (C=O) groups is 2. The minimum absolute atomic E-state index is 0.0291. The van der Waals surface area contributed by atoms with Gasteiger partial charge >= 0.3 is 18.1 Å². The zero-order valence-corrected chi connectivity index (χ0v) is 23.8. The highest BCUT2D eigenvalue weighted by molar-refractivity contribution is 5.92. The van der Waals surface area contributed by atoms with Crippen molar-refractivity contribution >= 4 is 18.0 Å². The molecule has 9 nitrogen and oxygen atoms in total. The lowest BCUT2D eigenvalue weighted by atomic mass is 10.0. The first-order valence-electron chi connectivity index (χ1n) is 13.7. The Morgan fingerprint density at radius 2 is 1.64 bits per heavy atom. The molecule has 1 heterocycles. The van der Waals surface area contributed by atoms with Crippen LogP contribution in [-0.2, 0) is 30.7 Å². The number of aromatic carboxylic acids is 1. The topological polar surface area (TPSA) is 124 Å². The molecule has 12 heteroatoms. The molecular formula is C32H30F3N3O6. The number of hydrogen-bond acceptors (Lipinski definition) is 6. The van der Waals surface area contributed by atoms with E-state index >= 15 is 0 Å². The zero-order valence-electron chi connectivity index (χ0n) is 23.8. The summed E-state index contributed by atoms with van der Waals surface area (Å²) in [6.07, 6.45) is 0.592. The summed E-state index contributed by atoms with van der Waals surface area (Å²) in [5, 5.41) is 27.0. The van der Waals surface area contributed by atoms with E-state index in [1.807, 2.05) is 6.92 Å². The number of aromatic nitrogens is 3. The molecule has 0 fully saturated rings. The van der Waals surface area contributed by atoms with Crippen molar-refractivity contribution < 1.29 is 42.4 Å². The van der Waals surface area contributed by atoms with E-state index < -0.39 is 23.7 Å². The van der Waals surface area contributed by atoms with Gasteiger partial charge in [-0.3, -0.25) is 0 Å². The van der Waals surface area contributed by atoms with E-state index in [0.717, 1.165) is 24.1 Å². The van der Waals surface area contributed by atoms with Crippen LogP contribution in [0.1, 0.15) is 64.5 Å². The predicted octanol–water partition coefficient (Wildman–Crippen LogP) is 6.86. The Kier molecular flexibility index (Phi) is 10.4. The standard InChI is InChI=1S/C32H30F3N3O6/c1-2-3-4-24(31(41)42)15-25-16-28(13-14-29(25)44-19-22-7-11-26(12-8-22)32(33,34)35)43-20-27-18-38(37-36-27)17-21-5-9-23(10-6-21)30(39)40/h5-16,18H,2-4,17,19-20H2,1H3,(H,39,40)(H,41,42)/b24-15+. The fourth-order valence-corrected chi connectivity index (χ4v) is 4.19. The number of aliphatic carboxylic acids is 1. The fourth-order valence-electron chi connectivity index (χ4n) is 4.19. The number of ether oxygens (including phenoxy) is 2. The number of halogens is 3. The van der Waals surface area contributed by atoms with Crippen molar-refractivity contribution in [1.29, 1.82) is 0 Å². The summed E-state index contributed by atoms with van der Waals surface area (Å²) in [6, 6.07) is 15.9. The van der Waals surface area contributed by atoms with E-state index in [4.69, 9.17) is 14.6 Å². The smallest absolute Gasteiger partial charge is 0.416 e. The van der Waals surface area contributed by atoms with Crippen molar-refractivity contribution in [1.82, 2.24) is 15.0 Å². The van der Waals surface area contributed by atoms with E-state index in [1.54, 1.807) is 41.2 Å². The Morgan fingerprint density at radius 3 is 2.27 bits per heavy atom. The molecule has 2 N–H and O–H groups in total. The molecule has 0 bridgehead atoms. The van der Waals surface area contributed by atoms with Gasteiger partial charge in [-0.05, 0) is 72.5 Å². The summed E-state index contributed by atoms with van der Waals surface area (Å²) in [5.74, 6) is -1.31. The zero-order chi connectivity index (χ0) is 31.7. The largest absolute Gasteiger partial charge is 0.488 e. The van der Waals surface area contributed by atoms with Crippen molar-refractivity contribution in [2.24, 2.45) is 0 Å². The lowest BCUT2D eigenvalue weighted by Crippen LogP contribution is -2.05. The molecule has 0 aliphatic rings. The quantitative estimate of drug-likeness (QED) is 0.149. The monoisotopic (exact) mass is 609 g/mol. The van der Waals surface area contributed by atoms with Gasteiger partial charge in [0.15, 0.2) is 0 Å². The summed E-state index contributed by atoms with van der Waals surface area (Å²) in [7, 11) is 0. The maximum atomic E-state index is 12.9. The number of rotatable bonds is 14. The lowest BCUT2D eigenvalue weighted by molar-refractivity contribution is -0.137. The number of carboxylic acid groups (broad SMARTS) is 2. The molecule has 230 valence electrons. The lowest BCUT2D eigenvalue weighted by Gasteiger charge is -2.13. The Bertz CT molecular complexity index is 1610. The van der Waals surface area contributed by atoms with Gasteiger partial charge in [-0.1, -0.05) is 42.8 Å². The summed E-state index contributed by atoms with van der Waals surface area (Å²) >= 11 is 0. The molecule has 0 saturated carbocycles. The third-order valence-electron chi connectivity index (χ3n) is 6.58. The van der Waals surface area contributed by atoms with Crippen molar-refractivity contribution in [3.05, 3.63) is 112 Å². The van der Waals surface area contributed by atoms with Gasteiger partial charge in [-0.15, -0.1) is 5.10 Å². The van der Waals surface area contributed by atoms with Crippen LogP contribution < -0.4 is 9.47 Å². The van der Waals surface area contributed by atoms with E-state index in [9.17, 15) is 27.9 Å². The molecule has 0 amide bonds. The van der Waals surface area contributed by atoms with E-state index in [-0.39, 0.29) is 24.4 Å². The molecule has 0 unspecified atom stereocenters. The first kappa shape index (κ1) is 31.8. The molecule has 0 saturated heterocycles. The van der Waals surface area contributed by atoms with Crippen LogP contribution >= 0.6 is 0 Å². The second kappa shape index (κ2) is 14.4. The molecule has 0 spiro atoms. The Labute approximate surface area is 251 Å². The minimum Gasteiger partial charge on any atom is -0.488 e. The van der Waals surface area contributed by atoms with Crippen LogP contribution in [0.2, 0.25) is 0 Å². The molecule has 0 aliphatic carbocycles. The summed E-state index contributed by atoms with van der Waals surface area (Å²) in [6.45, 7) is 2.37. The van der Waals surface area contributed by atoms with Gasteiger partial charge in [0, 0.05) is 11.1 Å². The van der Waals surface area contributed by atoms with Gasteiger partial charge in [0.2, 0.25) is 0 Å². The molecule has 1 aromatic heterocycles. The molecular weight excluding hydrogens is 579 g/mol. The van der Waals surface area contributed by atoms with Gasteiger partial charge in [0.05, 0.1) is 23.9 Å². The highest BCUT2D eigenvalue weighted by atomic mass is 19.4. The first-order valence-corrected chi connectivity index (χ1v) is 13.7. The molecule has 4 rings (SSSR count). The molecule has 4 aromatic rings. The Balaban J connectivity index is 1.48. The Hall–Kier alpha value is -5.13. The van der Waals surface area contributed by atoms with Crippen molar-refractivity contribution in [2.75, 3.05) is 0 Å². The third-order valence-corrected chi connectivity index (χ3v) is 6.58. The maximum Gasteiger partial charge on any atom is 0.416 e. The number of nitrogens with zero attached hydrogens (tertiary/aromatic N) is 3. The highest BCUT2D eigenvalue weighted by Crippen LogP contribution is 2.31. The second-order valence-corrected chi connectivity index (χ2v) is 9.96. The van der Waals surface area contributed by atoms with Gasteiger partial charge in [-0.25, -0.2) is 14.3 Å². The van der Waals surface area contributed by atoms with Crippen LogP contribution in [0.4, 0.5) is 13.2 Å². The summed E-state index contributed by atoms with van der Waals surface area (Å²) in [4.78, 5) is 23.0. The van der Waals surface area contributed by atoms with Crippen molar-refractivity contribution in [3.63, 3.8) is 0 Å². The average Bonchev–Trinajstić information content (AvgIpc) is 3.44. The Morgan fingerprint density at radius 1 is 0.932 bits per heavy atom. The van der Waals surface area contributed by atoms with Crippen LogP contribution in [-0.4, -0.2) is 37.1 Å². The van der Waals surface area contributed by atoms with Crippen LogP contribution in [0.15, 0.2) is 78.5 Å². The highest BCUT2D eigenvalue weighted by Gasteiger charge is 2.29. The van der Waals surface area contributed by atoms with Crippen LogP contribution in [0.25, 0.3) is 6.08 Å². The van der Waals surface area contributed by atoms with Gasteiger partial charge < -0.3 is 19.7 Å². The van der Waals surface area contributed by atoms with Crippen molar-refractivity contribution in [3.8, 4) is 11.5 Å². The number of carboxylic acids is 2. The fraction of sp³-hybridized carbons (Fsp3) is 0.250. The second-order valence-electron chi connectivity index (χ2n) is 9.96. The minimum atomic E-state index is -4.44. The number of alkyl halides is 3. The maximum absolute atomic E-state index is 12.9. The SMILES string of the molecule is CCCC/C(=C\c1cc(OCc2cn(Cc3ccc(C(=O)O)cc3)nn2)ccc1OCc1ccc(C(F)(F)F)cc1)C(=O)O. The molecule has 0 radical (unpaired) electrons. The third kappa shape index (κ3) is 8.93. The summed E-state index contributed by atoms with van der Waals surface area (Å²) in [5.41, 5.74) is 1.93. The van der Waals surface area contributed by atoms with Gasteiger partial charge in [0.1, 0.15) is 30.4 Å². The van der Waals surface area contributed by atoms with Crippen molar-refractivity contribution in [2.45, 2.75) is 52.1 Å². The average molecular weight is 610 g/mol. The molecule has 0 aliphatic heterocycles. The van der Waals surface area contributed by atoms with Crippen LogP contribution in [0, 0.1) is 0 Å². The molecule has 3 aromatic carbocycles. The normalized spacial score (nSPS) is 11.8. The summed E-state index contributed by atoms with van der Waals surface area (Å²) < 4.78 is 52.1. The van der Waals surface area contributed by atoms with Crippen LogP contribution in [0.5, 0.6) is 11.5 Å². The van der Waals surface area contributed by atoms with E-state index in [0.29, 0.717) is 47.7 Å². The van der Waals surface area contributed by atoms with E-state index in [1.165, 1.54) is 30.3 Å². The number of unbranched alkanes of at least 4 members (excludes halogenated alkanes) is 1. The van der Waals surface area contributed by atoms with E-state index in [2.05, 4.69) is 10.3 Å². The van der Waals surface area contributed by atoms with Gasteiger partial charge in [-0.2, -0.15) is 13.2 Å². The molecule has 44 heavy (non-hydrogen) atoms. The first-order chi connectivity index (χ1) is 21.0. The predicted molar refractivity (Wildman–Crippen MR) is 154 cm³/mol. The van der Waals surface area contributed by atoms with Gasteiger partial charge in [0.25, 0.3) is 0 Å². The number of hydrogen-bond donors (Lipinski definition) is 2. The number of benzene rings is 3. The van der Waals surface area contributed by atoms with Crippen LogP contribution in [0.3, 0.4) is 0 Å².